The van der Waals surface area contributed by atoms with Gasteiger partial charge in [0.2, 0.25) is 5.82 Å². The first kappa shape index (κ1) is 13.0. The van der Waals surface area contributed by atoms with Gasteiger partial charge in [0.25, 0.3) is 0 Å². The Hall–Kier alpha value is -2.02. The maximum Gasteiger partial charge on any atom is 0.335 e. The minimum absolute atomic E-state index is 0.114. The molecule has 92 valence electrons. The molecule has 0 aliphatic rings. The van der Waals surface area contributed by atoms with E-state index in [1.54, 1.807) is 0 Å². The SMILES string of the molecule is COC(=O)C(O)Cc1cccc([N+](=O)[O-])c1F. The number of nitro groups is 1. The molecule has 1 atom stereocenters. The molecule has 0 saturated heterocycles. The topological polar surface area (TPSA) is 89.7 Å². The summed E-state index contributed by atoms with van der Waals surface area (Å²) in [5, 5.41) is 19.8. The van der Waals surface area contributed by atoms with Crippen molar-refractivity contribution >= 4 is 11.7 Å². The van der Waals surface area contributed by atoms with Crippen LogP contribution in [0.15, 0.2) is 18.2 Å². The van der Waals surface area contributed by atoms with Gasteiger partial charge < -0.3 is 9.84 Å². The molecule has 1 aromatic carbocycles. The molecule has 1 rings (SSSR count). The number of aliphatic hydroxyl groups excluding tert-OH is 1. The Morgan fingerprint density at radius 3 is 2.82 bits per heavy atom. The predicted molar refractivity (Wildman–Crippen MR) is 54.8 cm³/mol. The third kappa shape index (κ3) is 2.97. The van der Waals surface area contributed by atoms with Crippen molar-refractivity contribution in [1.82, 2.24) is 0 Å². The molecule has 17 heavy (non-hydrogen) atoms. The van der Waals surface area contributed by atoms with Gasteiger partial charge in [-0.3, -0.25) is 10.1 Å². The van der Waals surface area contributed by atoms with E-state index in [4.69, 9.17) is 0 Å². The van der Waals surface area contributed by atoms with Crippen LogP contribution in [0.4, 0.5) is 10.1 Å². The molecule has 0 fully saturated rings. The quantitative estimate of drug-likeness (QED) is 0.480. The zero-order valence-electron chi connectivity index (χ0n) is 8.92. The second-order valence-electron chi connectivity index (χ2n) is 3.25. The lowest BCUT2D eigenvalue weighted by atomic mass is 10.1. The Labute approximate surface area is 95.8 Å². The molecule has 6 nitrogen and oxygen atoms in total. The lowest BCUT2D eigenvalue weighted by Crippen LogP contribution is -2.24. The number of nitrogens with zero attached hydrogens (tertiary/aromatic N) is 1. The molecule has 0 aromatic heterocycles. The number of carbonyl (C=O) groups is 1. The second-order valence-corrected chi connectivity index (χ2v) is 3.25. The number of aliphatic hydroxyl groups is 1. The number of hydrogen-bond acceptors (Lipinski definition) is 5. The first-order valence-electron chi connectivity index (χ1n) is 4.65. The summed E-state index contributed by atoms with van der Waals surface area (Å²) in [6, 6.07) is 3.54. The van der Waals surface area contributed by atoms with Crippen LogP contribution in [-0.2, 0) is 16.0 Å². The highest BCUT2D eigenvalue weighted by Gasteiger charge is 2.22. The van der Waals surface area contributed by atoms with Crippen molar-refractivity contribution in [2.75, 3.05) is 7.11 Å². The highest BCUT2D eigenvalue weighted by Crippen LogP contribution is 2.21. The molecule has 0 aliphatic carbocycles. The van der Waals surface area contributed by atoms with Gasteiger partial charge in [-0.25, -0.2) is 4.79 Å². The fourth-order valence-corrected chi connectivity index (χ4v) is 1.29. The molecule has 1 aromatic rings. The zero-order chi connectivity index (χ0) is 13.0. The molecule has 0 aliphatic heterocycles. The van der Waals surface area contributed by atoms with E-state index in [0.29, 0.717) is 0 Å². The summed E-state index contributed by atoms with van der Waals surface area (Å²) in [7, 11) is 1.08. The van der Waals surface area contributed by atoms with Crippen LogP contribution in [-0.4, -0.2) is 29.2 Å². The number of rotatable bonds is 4. The lowest BCUT2D eigenvalue weighted by molar-refractivity contribution is -0.387. The summed E-state index contributed by atoms with van der Waals surface area (Å²) in [6.45, 7) is 0. The molecule has 0 spiro atoms. The number of nitro benzene ring substituents is 1. The third-order valence-electron chi connectivity index (χ3n) is 2.14. The molecule has 0 radical (unpaired) electrons. The van der Waals surface area contributed by atoms with Crippen LogP contribution in [0.1, 0.15) is 5.56 Å². The van der Waals surface area contributed by atoms with Crippen molar-refractivity contribution in [1.29, 1.82) is 0 Å². The van der Waals surface area contributed by atoms with Gasteiger partial charge in [-0.05, 0) is 5.56 Å². The maximum absolute atomic E-state index is 13.5. The predicted octanol–water partition coefficient (Wildman–Crippen LogP) is 0.810. The minimum Gasteiger partial charge on any atom is -0.467 e. The van der Waals surface area contributed by atoms with E-state index in [2.05, 4.69) is 4.74 Å². The van der Waals surface area contributed by atoms with Crippen LogP contribution in [0, 0.1) is 15.9 Å². The average Bonchev–Trinajstić information content (AvgIpc) is 2.30. The molecule has 0 saturated carbocycles. The highest BCUT2D eigenvalue weighted by molar-refractivity contribution is 5.74. The van der Waals surface area contributed by atoms with Crippen molar-refractivity contribution in [3.05, 3.63) is 39.7 Å². The lowest BCUT2D eigenvalue weighted by Gasteiger charge is -2.08. The number of carbonyl (C=O) groups excluding carboxylic acids is 1. The van der Waals surface area contributed by atoms with Crippen LogP contribution < -0.4 is 0 Å². The van der Waals surface area contributed by atoms with Gasteiger partial charge in [0.1, 0.15) is 0 Å². The molecule has 1 unspecified atom stereocenters. The first-order valence-corrected chi connectivity index (χ1v) is 4.65. The van der Waals surface area contributed by atoms with Crippen LogP contribution in [0.3, 0.4) is 0 Å². The van der Waals surface area contributed by atoms with Gasteiger partial charge in [-0.2, -0.15) is 4.39 Å². The van der Waals surface area contributed by atoms with Gasteiger partial charge in [0.05, 0.1) is 12.0 Å². The molecule has 0 amide bonds. The fourth-order valence-electron chi connectivity index (χ4n) is 1.29. The Morgan fingerprint density at radius 2 is 2.29 bits per heavy atom. The molecule has 1 N–H and O–H groups in total. The van der Waals surface area contributed by atoms with Gasteiger partial charge in [0, 0.05) is 12.5 Å². The van der Waals surface area contributed by atoms with Crippen molar-refractivity contribution < 1.29 is 24.0 Å². The standard InChI is InChI=1S/C10H10FNO5/c1-17-10(14)8(13)5-6-3-2-4-7(9(6)11)12(15)16/h2-4,8,13H,5H2,1H3. The van der Waals surface area contributed by atoms with Gasteiger partial charge >= 0.3 is 11.7 Å². The van der Waals surface area contributed by atoms with Crippen LogP contribution in [0.25, 0.3) is 0 Å². The van der Waals surface area contributed by atoms with E-state index in [9.17, 15) is 24.4 Å². The van der Waals surface area contributed by atoms with Gasteiger partial charge in [-0.1, -0.05) is 12.1 Å². The summed E-state index contributed by atoms with van der Waals surface area (Å²) in [4.78, 5) is 20.5. The number of esters is 1. The zero-order valence-corrected chi connectivity index (χ0v) is 8.92. The molecular weight excluding hydrogens is 233 g/mol. The Bertz CT molecular complexity index is 448. The number of ether oxygens (including phenoxy) is 1. The van der Waals surface area contributed by atoms with E-state index in [1.807, 2.05) is 0 Å². The van der Waals surface area contributed by atoms with Crippen molar-refractivity contribution in [2.24, 2.45) is 0 Å². The van der Waals surface area contributed by atoms with Gasteiger partial charge in [-0.15, -0.1) is 0 Å². The van der Waals surface area contributed by atoms with E-state index in [1.165, 1.54) is 12.1 Å². The summed E-state index contributed by atoms with van der Waals surface area (Å²) in [5.74, 6) is -1.98. The maximum atomic E-state index is 13.5. The minimum atomic E-state index is -1.54. The fraction of sp³-hybridized carbons (Fsp3) is 0.300. The van der Waals surface area contributed by atoms with Gasteiger partial charge in [0.15, 0.2) is 6.10 Å². The van der Waals surface area contributed by atoms with Crippen LogP contribution >= 0.6 is 0 Å². The summed E-state index contributed by atoms with van der Waals surface area (Å²) in [5.41, 5.74) is -0.809. The molecule has 7 heteroatoms. The largest absolute Gasteiger partial charge is 0.467 e. The van der Waals surface area contributed by atoms with E-state index >= 15 is 0 Å². The molecular formula is C10H10FNO5. The monoisotopic (exact) mass is 243 g/mol. The van der Waals surface area contributed by atoms with E-state index < -0.39 is 28.5 Å². The van der Waals surface area contributed by atoms with E-state index in [0.717, 1.165) is 13.2 Å². The first-order chi connectivity index (χ1) is 7.97. The van der Waals surface area contributed by atoms with Crippen molar-refractivity contribution in [3.63, 3.8) is 0 Å². The summed E-state index contributed by atoms with van der Waals surface area (Å²) in [6.07, 6.45) is -1.92. The number of halogens is 1. The Kier molecular flexibility index (Phi) is 4.11. The Balaban J connectivity index is 2.96. The number of hydrogen-bond donors (Lipinski definition) is 1. The van der Waals surface area contributed by atoms with Crippen molar-refractivity contribution in [2.45, 2.75) is 12.5 Å². The molecule has 0 heterocycles. The number of benzene rings is 1. The summed E-state index contributed by atoms with van der Waals surface area (Å²) < 4.78 is 17.8. The van der Waals surface area contributed by atoms with Crippen molar-refractivity contribution in [3.8, 4) is 0 Å². The highest BCUT2D eigenvalue weighted by atomic mass is 19.1. The van der Waals surface area contributed by atoms with E-state index in [-0.39, 0.29) is 12.0 Å². The normalized spacial score (nSPS) is 11.9. The third-order valence-corrected chi connectivity index (χ3v) is 2.14. The smallest absolute Gasteiger partial charge is 0.335 e. The van der Waals surface area contributed by atoms with Crippen LogP contribution in [0.2, 0.25) is 0 Å². The number of methoxy groups -OCH3 is 1. The average molecular weight is 243 g/mol. The summed E-state index contributed by atoms with van der Waals surface area (Å²) >= 11 is 0. The van der Waals surface area contributed by atoms with Crippen LogP contribution in [0.5, 0.6) is 0 Å². The molecule has 0 bridgehead atoms. The second kappa shape index (κ2) is 5.35. The Morgan fingerprint density at radius 1 is 1.65 bits per heavy atom.